The minimum absolute atomic E-state index is 0.0553. The van der Waals surface area contributed by atoms with E-state index in [4.69, 9.17) is 0 Å². The van der Waals surface area contributed by atoms with Crippen molar-refractivity contribution >= 4 is 27.5 Å². The molecule has 7 nitrogen and oxygen atoms in total. The number of aromatic nitrogens is 1. The van der Waals surface area contributed by atoms with Crippen molar-refractivity contribution in [2.75, 3.05) is 24.2 Å². The Morgan fingerprint density at radius 3 is 2.37 bits per heavy atom. The molecule has 2 heterocycles. The number of nitrogens with one attached hydrogen (secondary N) is 1. The Morgan fingerprint density at radius 2 is 1.73 bits per heavy atom. The van der Waals surface area contributed by atoms with Crippen molar-refractivity contribution in [3.63, 3.8) is 0 Å². The number of rotatable bonds is 6. The molecule has 1 aliphatic rings. The lowest BCUT2D eigenvalue weighted by molar-refractivity contribution is -0.134. The van der Waals surface area contributed by atoms with E-state index in [0.29, 0.717) is 31.7 Å². The van der Waals surface area contributed by atoms with Crippen LogP contribution in [0.15, 0.2) is 47.5 Å². The second-order valence-corrected chi connectivity index (χ2v) is 9.85. The van der Waals surface area contributed by atoms with Gasteiger partial charge in [0, 0.05) is 31.6 Å². The number of benzene rings is 1. The summed E-state index contributed by atoms with van der Waals surface area (Å²) in [5.41, 5.74) is 2.00. The summed E-state index contributed by atoms with van der Waals surface area (Å²) in [6.07, 6.45) is 2.69. The molecule has 0 saturated carbocycles. The van der Waals surface area contributed by atoms with Gasteiger partial charge in [-0.25, -0.2) is 13.4 Å². The number of pyridine rings is 1. The minimum Gasteiger partial charge on any atom is -0.343 e. The fourth-order valence-electron chi connectivity index (χ4n) is 3.47. The van der Waals surface area contributed by atoms with Gasteiger partial charge < -0.3 is 10.2 Å². The van der Waals surface area contributed by atoms with Gasteiger partial charge in [-0.15, -0.1) is 0 Å². The lowest BCUT2D eigenvalue weighted by Crippen LogP contribution is -2.42. The van der Waals surface area contributed by atoms with E-state index in [9.17, 15) is 18.0 Å². The number of amides is 2. The predicted octanol–water partition coefficient (Wildman–Crippen LogP) is 2.74. The summed E-state index contributed by atoms with van der Waals surface area (Å²) in [5, 5.41) is 2.83. The number of hydrogen-bond acceptors (Lipinski definition) is 5. The number of likely N-dealkylation sites (tertiary alicyclic amines) is 1. The number of carbonyl (C=O) groups excluding carboxylic acids is 2. The zero-order valence-electron chi connectivity index (χ0n) is 17.3. The number of aryl methyl sites for hydroxylation is 2. The van der Waals surface area contributed by atoms with Gasteiger partial charge in [0.05, 0.1) is 10.6 Å². The molecule has 0 radical (unpaired) electrons. The predicted molar refractivity (Wildman–Crippen MR) is 115 cm³/mol. The third kappa shape index (κ3) is 5.66. The van der Waals surface area contributed by atoms with Gasteiger partial charge in [-0.2, -0.15) is 0 Å². The number of nitrogens with zero attached hydrogens (tertiary/aromatic N) is 2. The molecule has 1 aromatic carbocycles. The van der Waals surface area contributed by atoms with Crippen LogP contribution in [0, 0.1) is 19.8 Å². The van der Waals surface area contributed by atoms with E-state index >= 15 is 0 Å². The average Bonchev–Trinajstić information content (AvgIpc) is 2.72. The fraction of sp³-hybridized carbons (Fsp3) is 0.409. The van der Waals surface area contributed by atoms with Gasteiger partial charge in [-0.3, -0.25) is 9.59 Å². The molecule has 8 heteroatoms. The molecule has 2 aromatic rings. The fourth-order valence-corrected chi connectivity index (χ4v) is 4.70. The maximum absolute atomic E-state index is 12.5. The van der Waals surface area contributed by atoms with Crippen molar-refractivity contribution in [1.29, 1.82) is 0 Å². The summed E-state index contributed by atoms with van der Waals surface area (Å²) in [7, 11) is -3.49. The Morgan fingerprint density at radius 1 is 1.07 bits per heavy atom. The summed E-state index contributed by atoms with van der Waals surface area (Å²) >= 11 is 0. The van der Waals surface area contributed by atoms with Gasteiger partial charge in [0.25, 0.3) is 0 Å². The standard InChI is InChI=1S/C22H27N3O4S/c1-16-3-5-19(6-4-16)30(28,29)14-10-21(26)25-12-8-18(9-13-25)22(27)24-20-15-17(2)7-11-23-20/h3-7,11,15,18H,8-10,12-14H2,1-2H3,(H,23,24,27). The normalized spacial score (nSPS) is 15.1. The molecule has 30 heavy (non-hydrogen) atoms. The molecule has 160 valence electrons. The topological polar surface area (TPSA) is 96.4 Å². The zero-order valence-corrected chi connectivity index (χ0v) is 18.1. The van der Waals surface area contributed by atoms with E-state index in [1.165, 1.54) is 0 Å². The van der Waals surface area contributed by atoms with Crippen LogP contribution in [0.1, 0.15) is 30.4 Å². The Hall–Kier alpha value is -2.74. The maximum Gasteiger partial charge on any atom is 0.228 e. The SMILES string of the molecule is Cc1ccc(S(=O)(=O)CCC(=O)N2CCC(C(=O)Nc3cc(C)ccn3)CC2)cc1. The van der Waals surface area contributed by atoms with Crippen molar-refractivity contribution in [2.24, 2.45) is 5.92 Å². The molecule has 0 spiro atoms. The molecule has 2 amide bonds. The highest BCUT2D eigenvalue weighted by atomic mass is 32.2. The number of piperidine rings is 1. The smallest absolute Gasteiger partial charge is 0.228 e. The molecule has 1 N–H and O–H groups in total. The largest absolute Gasteiger partial charge is 0.343 e. The summed E-state index contributed by atoms with van der Waals surface area (Å²) in [4.78, 5) is 31.0. The average molecular weight is 430 g/mol. The van der Waals surface area contributed by atoms with Gasteiger partial charge in [0.2, 0.25) is 11.8 Å². The summed E-state index contributed by atoms with van der Waals surface area (Å²) in [6.45, 7) is 4.72. The Bertz CT molecular complexity index is 1010. The van der Waals surface area contributed by atoms with E-state index < -0.39 is 9.84 Å². The third-order valence-electron chi connectivity index (χ3n) is 5.35. The van der Waals surface area contributed by atoms with Crippen LogP contribution < -0.4 is 5.32 Å². The second-order valence-electron chi connectivity index (χ2n) is 7.74. The van der Waals surface area contributed by atoms with Crippen molar-refractivity contribution in [1.82, 2.24) is 9.88 Å². The molecule has 1 saturated heterocycles. The molecule has 0 bridgehead atoms. The van der Waals surface area contributed by atoms with E-state index in [1.807, 2.05) is 26.0 Å². The first-order chi connectivity index (χ1) is 14.2. The second kappa shape index (κ2) is 9.38. The van der Waals surface area contributed by atoms with Crippen molar-refractivity contribution < 1.29 is 18.0 Å². The Labute approximate surface area is 177 Å². The molecule has 1 aliphatic heterocycles. The van der Waals surface area contributed by atoms with Crippen LogP contribution in [0.3, 0.4) is 0 Å². The molecule has 1 fully saturated rings. The molecule has 0 unspecified atom stereocenters. The Balaban J connectivity index is 1.48. The number of sulfone groups is 1. The Kier molecular flexibility index (Phi) is 6.87. The quantitative estimate of drug-likeness (QED) is 0.762. The van der Waals surface area contributed by atoms with Crippen LogP contribution in [0.5, 0.6) is 0 Å². The third-order valence-corrected chi connectivity index (χ3v) is 7.08. The van der Waals surface area contributed by atoms with Crippen LogP contribution in [0.2, 0.25) is 0 Å². The summed E-state index contributed by atoms with van der Waals surface area (Å²) < 4.78 is 24.9. The van der Waals surface area contributed by atoms with E-state index in [2.05, 4.69) is 10.3 Å². The summed E-state index contributed by atoms with van der Waals surface area (Å²) in [6, 6.07) is 10.3. The van der Waals surface area contributed by atoms with Gasteiger partial charge in [-0.05, 0) is 56.5 Å². The molecule has 1 aromatic heterocycles. The van der Waals surface area contributed by atoms with Gasteiger partial charge >= 0.3 is 0 Å². The summed E-state index contributed by atoms with van der Waals surface area (Å²) in [5.74, 6) is -0.159. The highest BCUT2D eigenvalue weighted by Crippen LogP contribution is 2.21. The highest BCUT2D eigenvalue weighted by molar-refractivity contribution is 7.91. The first-order valence-electron chi connectivity index (χ1n) is 10.1. The van der Waals surface area contributed by atoms with Crippen LogP contribution in [0.4, 0.5) is 5.82 Å². The van der Waals surface area contributed by atoms with E-state index in [1.54, 1.807) is 35.4 Å². The van der Waals surface area contributed by atoms with Crippen molar-refractivity contribution in [3.8, 4) is 0 Å². The van der Waals surface area contributed by atoms with Crippen LogP contribution >= 0.6 is 0 Å². The number of hydrogen-bond donors (Lipinski definition) is 1. The number of carbonyl (C=O) groups is 2. The molecule has 3 rings (SSSR count). The maximum atomic E-state index is 12.5. The highest BCUT2D eigenvalue weighted by Gasteiger charge is 2.28. The minimum atomic E-state index is -3.49. The van der Waals surface area contributed by atoms with Crippen LogP contribution in [0.25, 0.3) is 0 Å². The first-order valence-corrected chi connectivity index (χ1v) is 11.7. The molecular formula is C22H27N3O4S. The van der Waals surface area contributed by atoms with Crippen molar-refractivity contribution in [3.05, 3.63) is 53.7 Å². The van der Waals surface area contributed by atoms with E-state index in [0.717, 1.165) is 11.1 Å². The monoisotopic (exact) mass is 429 g/mol. The van der Waals surface area contributed by atoms with E-state index in [-0.39, 0.29) is 34.8 Å². The zero-order chi connectivity index (χ0) is 21.7. The van der Waals surface area contributed by atoms with Gasteiger partial charge in [-0.1, -0.05) is 17.7 Å². The molecule has 0 atom stereocenters. The molecular weight excluding hydrogens is 402 g/mol. The first kappa shape index (κ1) is 22.0. The lowest BCUT2D eigenvalue weighted by Gasteiger charge is -2.31. The van der Waals surface area contributed by atoms with Gasteiger partial charge in [0.15, 0.2) is 9.84 Å². The van der Waals surface area contributed by atoms with Crippen molar-refractivity contribution in [2.45, 2.75) is 38.0 Å². The molecule has 0 aliphatic carbocycles. The van der Waals surface area contributed by atoms with Gasteiger partial charge in [0.1, 0.15) is 5.82 Å². The van der Waals surface area contributed by atoms with Crippen LogP contribution in [-0.4, -0.2) is 49.0 Å². The van der Waals surface area contributed by atoms with Crippen LogP contribution in [-0.2, 0) is 19.4 Å². The number of anilines is 1. The lowest BCUT2D eigenvalue weighted by atomic mass is 9.95.